The van der Waals surface area contributed by atoms with Crippen LogP contribution in [0.4, 0.5) is 5.69 Å². The zero-order valence-electron chi connectivity index (χ0n) is 11.9. The van der Waals surface area contributed by atoms with Gasteiger partial charge in [-0.05, 0) is 49.2 Å². The van der Waals surface area contributed by atoms with Crippen LogP contribution in [0.3, 0.4) is 0 Å². The van der Waals surface area contributed by atoms with Gasteiger partial charge < -0.3 is 5.32 Å². The van der Waals surface area contributed by atoms with Gasteiger partial charge in [0.2, 0.25) is 0 Å². The third-order valence-electron chi connectivity index (χ3n) is 3.54. The van der Waals surface area contributed by atoms with E-state index in [1.54, 1.807) is 0 Å². The van der Waals surface area contributed by atoms with Crippen molar-refractivity contribution in [3.63, 3.8) is 0 Å². The van der Waals surface area contributed by atoms with Gasteiger partial charge in [-0.1, -0.05) is 35.4 Å². The lowest BCUT2D eigenvalue weighted by Crippen LogP contribution is -2.05. The molecule has 0 amide bonds. The van der Waals surface area contributed by atoms with E-state index in [9.17, 15) is 0 Å². The fourth-order valence-corrected chi connectivity index (χ4v) is 2.53. The lowest BCUT2D eigenvalue weighted by Gasteiger charge is -2.10. The number of aromatic nitrogens is 1. The molecule has 2 aromatic carbocycles. The molecule has 0 spiro atoms. The Labute approximate surface area is 129 Å². The van der Waals surface area contributed by atoms with Crippen LogP contribution in [0.1, 0.15) is 11.1 Å². The average molecular weight is 297 g/mol. The summed E-state index contributed by atoms with van der Waals surface area (Å²) in [5.74, 6) is 0. The summed E-state index contributed by atoms with van der Waals surface area (Å²) in [5, 5.41) is 5.46. The molecular formula is C18H17ClN2. The number of hydrogen-bond donors (Lipinski definition) is 1. The second-order valence-corrected chi connectivity index (χ2v) is 5.62. The molecule has 0 saturated carbocycles. The zero-order valence-corrected chi connectivity index (χ0v) is 12.7. The number of anilines is 1. The van der Waals surface area contributed by atoms with Crippen LogP contribution in [0, 0.1) is 6.92 Å². The van der Waals surface area contributed by atoms with E-state index < -0.39 is 0 Å². The Hall–Kier alpha value is -2.06. The molecule has 106 valence electrons. The van der Waals surface area contributed by atoms with Gasteiger partial charge in [0.1, 0.15) is 0 Å². The number of hydrogen-bond acceptors (Lipinski definition) is 2. The van der Waals surface area contributed by atoms with Gasteiger partial charge in [-0.15, -0.1) is 0 Å². The first-order valence-corrected chi connectivity index (χ1v) is 7.44. The first kappa shape index (κ1) is 13.9. The van der Waals surface area contributed by atoms with E-state index in [4.69, 9.17) is 11.6 Å². The molecule has 0 atom stereocenters. The van der Waals surface area contributed by atoms with E-state index in [0.717, 1.165) is 29.2 Å². The predicted molar refractivity (Wildman–Crippen MR) is 90.1 cm³/mol. The van der Waals surface area contributed by atoms with Crippen LogP contribution in [0.15, 0.2) is 54.7 Å². The Morgan fingerprint density at radius 2 is 1.86 bits per heavy atom. The minimum Gasteiger partial charge on any atom is -0.384 e. The number of nitrogens with zero attached hydrogens (tertiary/aromatic N) is 1. The van der Waals surface area contributed by atoms with Crippen molar-refractivity contribution in [2.75, 3.05) is 11.9 Å². The van der Waals surface area contributed by atoms with E-state index in [1.165, 1.54) is 16.5 Å². The SMILES string of the molecule is Cc1ccc2nccc(NCCc3ccc(Cl)cc3)c2c1. The van der Waals surface area contributed by atoms with Crippen molar-refractivity contribution >= 4 is 28.2 Å². The molecule has 0 radical (unpaired) electrons. The van der Waals surface area contributed by atoms with Crippen molar-refractivity contribution in [1.82, 2.24) is 4.98 Å². The molecule has 21 heavy (non-hydrogen) atoms. The highest BCUT2D eigenvalue weighted by Gasteiger charge is 2.02. The van der Waals surface area contributed by atoms with Crippen LogP contribution in [-0.4, -0.2) is 11.5 Å². The molecule has 0 aliphatic heterocycles. The molecule has 1 aromatic heterocycles. The topological polar surface area (TPSA) is 24.9 Å². The van der Waals surface area contributed by atoms with Crippen molar-refractivity contribution < 1.29 is 0 Å². The molecule has 3 heteroatoms. The summed E-state index contributed by atoms with van der Waals surface area (Å²) in [6.45, 7) is 2.98. The highest BCUT2D eigenvalue weighted by molar-refractivity contribution is 6.30. The van der Waals surface area contributed by atoms with Crippen molar-refractivity contribution in [3.05, 3.63) is 70.9 Å². The van der Waals surface area contributed by atoms with Gasteiger partial charge in [0, 0.05) is 28.8 Å². The number of halogens is 1. The zero-order chi connectivity index (χ0) is 14.7. The number of pyridine rings is 1. The second kappa shape index (κ2) is 6.15. The summed E-state index contributed by atoms with van der Waals surface area (Å²) in [7, 11) is 0. The molecule has 0 unspecified atom stereocenters. The monoisotopic (exact) mass is 296 g/mol. The lowest BCUT2D eigenvalue weighted by molar-refractivity contribution is 1.02. The number of benzene rings is 2. The fourth-order valence-electron chi connectivity index (χ4n) is 2.41. The van der Waals surface area contributed by atoms with Crippen molar-refractivity contribution in [1.29, 1.82) is 0 Å². The molecule has 1 heterocycles. The van der Waals surface area contributed by atoms with Gasteiger partial charge in [0.05, 0.1) is 5.52 Å². The average Bonchev–Trinajstić information content (AvgIpc) is 2.50. The third-order valence-corrected chi connectivity index (χ3v) is 3.79. The van der Waals surface area contributed by atoms with Crippen LogP contribution in [0.25, 0.3) is 10.9 Å². The highest BCUT2D eigenvalue weighted by atomic mass is 35.5. The highest BCUT2D eigenvalue weighted by Crippen LogP contribution is 2.22. The quantitative estimate of drug-likeness (QED) is 0.744. The van der Waals surface area contributed by atoms with Crippen LogP contribution in [0.2, 0.25) is 5.02 Å². The molecule has 0 saturated heterocycles. The Kier molecular flexibility index (Phi) is 4.07. The summed E-state index contributed by atoms with van der Waals surface area (Å²) < 4.78 is 0. The van der Waals surface area contributed by atoms with E-state index in [2.05, 4.69) is 47.6 Å². The summed E-state index contributed by atoms with van der Waals surface area (Å²) >= 11 is 5.90. The number of fused-ring (bicyclic) bond motifs is 1. The maximum atomic E-state index is 5.90. The number of nitrogens with one attached hydrogen (secondary N) is 1. The largest absolute Gasteiger partial charge is 0.384 e. The fraction of sp³-hybridized carbons (Fsp3) is 0.167. The summed E-state index contributed by atoms with van der Waals surface area (Å²) in [4.78, 5) is 4.40. The molecule has 1 N–H and O–H groups in total. The number of rotatable bonds is 4. The van der Waals surface area contributed by atoms with Crippen LogP contribution in [0.5, 0.6) is 0 Å². The normalized spacial score (nSPS) is 10.8. The molecule has 2 nitrogen and oxygen atoms in total. The maximum Gasteiger partial charge on any atom is 0.0722 e. The molecule has 3 rings (SSSR count). The predicted octanol–water partition coefficient (Wildman–Crippen LogP) is 4.85. The Morgan fingerprint density at radius 1 is 1.05 bits per heavy atom. The van der Waals surface area contributed by atoms with Crippen LogP contribution < -0.4 is 5.32 Å². The minimum absolute atomic E-state index is 0.780. The first-order valence-electron chi connectivity index (χ1n) is 7.06. The van der Waals surface area contributed by atoms with E-state index >= 15 is 0 Å². The molecule has 0 aliphatic rings. The van der Waals surface area contributed by atoms with Crippen LogP contribution in [-0.2, 0) is 6.42 Å². The van der Waals surface area contributed by atoms with Gasteiger partial charge in [-0.2, -0.15) is 0 Å². The minimum atomic E-state index is 0.780. The molecule has 0 fully saturated rings. The standard InChI is InChI=1S/C18H17ClN2/c1-13-2-7-17-16(12-13)18(9-11-21-17)20-10-8-14-3-5-15(19)6-4-14/h2-7,9,11-12H,8,10H2,1H3,(H,20,21). The molecule has 0 aliphatic carbocycles. The smallest absolute Gasteiger partial charge is 0.0722 e. The van der Waals surface area contributed by atoms with Gasteiger partial charge in [0.15, 0.2) is 0 Å². The summed E-state index contributed by atoms with van der Waals surface area (Å²) in [6, 6.07) is 16.4. The number of aryl methyl sites for hydroxylation is 1. The van der Waals surface area contributed by atoms with E-state index in [-0.39, 0.29) is 0 Å². The Bertz CT molecular complexity index is 751. The lowest BCUT2D eigenvalue weighted by atomic mass is 10.1. The molecule has 0 bridgehead atoms. The van der Waals surface area contributed by atoms with Crippen LogP contribution >= 0.6 is 11.6 Å². The van der Waals surface area contributed by atoms with Gasteiger partial charge in [0.25, 0.3) is 0 Å². The first-order chi connectivity index (χ1) is 10.2. The molecular weight excluding hydrogens is 280 g/mol. The Morgan fingerprint density at radius 3 is 2.67 bits per heavy atom. The molecule has 3 aromatic rings. The van der Waals surface area contributed by atoms with Gasteiger partial charge in [-0.3, -0.25) is 4.98 Å². The second-order valence-electron chi connectivity index (χ2n) is 5.18. The van der Waals surface area contributed by atoms with E-state index in [1.807, 2.05) is 24.4 Å². The van der Waals surface area contributed by atoms with E-state index in [0.29, 0.717) is 0 Å². The maximum absolute atomic E-state index is 5.90. The summed E-state index contributed by atoms with van der Waals surface area (Å²) in [6.07, 6.45) is 2.81. The summed E-state index contributed by atoms with van der Waals surface area (Å²) in [5.41, 5.74) is 4.69. The van der Waals surface area contributed by atoms with Crippen molar-refractivity contribution in [2.24, 2.45) is 0 Å². The van der Waals surface area contributed by atoms with Crippen molar-refractivity contribution in [3.8, 4) is 0 Å². The van der Waals surface area contributed by atoms with Gasteiger partial charge in [-0.25, -0.2) is 0 Å². The van der Waals surface area contributed by atoms with Gasteiger partial charge >= 0.3 is 0 Å². The Balaban J connectivity index is 1.73. The third kappa shape index (κ3) is 3.34. The van der Waals surface area contributed by atoms with Crippen molar-refractivity contribution in [2.45, 2.75) is 13.3 Å².